The van der Waals surface area contributed by atoms with E-state index in [2.05, 4.69) is 20.3 Å². The number of aromatic amines is 1. The number of aliphatic imine (C=N–C) groups is 1. The standard InChI is InChI=1S/C20H18N4O3/c1-3-27-20(26)24-19-22-15-9-12(8-11(2)17(15)23-19)18-14-7-5-4-6-13(14)16(25)10-21-18/h4-9H,3,10H2,1-2H3,(H2,22,23,24,26). The second-order valence-corrected chi connectivity index (χ2v) is 6.25. The van der Waals surface area contributed by atoms with E-state index in [1.165, 1.54) is 0 Å². The highest BCUT2D eigenvalue weighted by molar-refractivity contribution is 6.22. The van der Waals surface area contributed by atoms with Gasteiger partial charge < -0.3 is 9.72 Å². The van der Waals surface area contributed by atoms with Gasteiger partial charge in [0.25, 0.3) is 0 Å². The van der Waals surface area contributed by atoms with Crippen molar-refractivity contribution in [3.63, 3.8) is 0 Å². The molecule has 2 N–H and O–H groups in total. The second kappa shape index (κ2) is 6.68. The van der Waals surface area contributed by atoms with Crippen LogP contribution in [0.4, 0.5) is 10.7 Å². The molecule has 7 heteroatoms. The molecule has 2 aromatic carbocycles. The Morgan fingerprint density at radius 1 is 1.26 bits per heavy atom. The molecule has 0 atom stereocenters. The van der Waals surface area contributed by atoms with Crippen LogP contribution in [0.5, 0.6) is 0 Å². The summed E-state index contributed by atoms with van der Waals surface area (Å²) in [6, 6.07) is 11.4. The Morgan fingerprint density at radius 3 is 2.81 bits per heavy atom. The van der Waals surface area contributed by atoms with Crippen LogP contribution in [-0.2, 0) is 4.74 Å². The van der Waals surface area contributed by atoms with Crippen LogP contribution in [0.1, 0.15) is 34.0 Å². The number of anilines is 1. The van der Waals surface area contributed by atoms with Crippen LogP contribution >= 0.6 is 0 Å². The lowest BCUT2D eigenvalue weighted by Crippen LogP contribution is -2.19. The fourth-order valence-electron chi connectivity index (χ4n) is 3.25. The van der Waals surface area contributed by atoms with E-state index >= 15 is 0 Å². The molecule has 4 rings (SSSR count). The number of carbonyl (C=O) groups is 2. The van der Waals surface area contributed by atoms with Gasteiger partial charge in [0.2, 0.25) is 5.95 Å². The summed E-state index contributed by atoms with van der Waals surface area (Å²) in [4.78, 5) is 35.7. The van der Waals surface area contributed by atoms with Crippen molar-refractivity contribution in [3.05, 3.63) is 58.7 Å². The highest BCUT2D eigenvalue weighted by Crippen LogP contribution is 2.25. The molecule has 27 heavy (non-hydrogen) atoms. The van der Waals surface area contributed by atoms with Crippen LogP contribution in [0.15, 0.2) is 41.4 Å². The zero-order valence-corrected chi connectivity index (χ0v) is 15.0. The molecule has 1 aliphatic heterocycles. The van der Waals surface area contributed by atoms with Gasteiger partial charge in [-0.1, -0.05) is 24.3 Å². The van der Waals surface area contributed by atoms with Crippen molar-refractivity contribution in [1.82, 2.24) is 9.97 Å². The molecule has 0 aliphatic carbocycles. The number of hydrogen-bond donors (Lipinski definition) is 2. The fourth-order valence-corrected chi connectivity index (χ4v) is 3.25. The van der Waals surface area contributed by atoms with Gasteiger partial charge in [-0.05, 0) is 31.5 Å². The predicted molar refractivity (Wildman–Crippen MR) is 103 cm³/mol. The Kier molecular flexibility index (Phi) is 4.19. The van der Waals surface area contributed by atoms with E-state index in [1.807, 2.05) is 43.3 Å². The van der Waals surface area contributed by atoms with Gasteiger partial charge in [-0.15, -0.1) is 0 Å². The monoisotopic (exact) mass is 362 g/mol. The first kappa shape index (κ1) is 17.0. The van der Waals surface area contributed by atoms with Gasteiger partial charge in [-0.2, -0.15) is 0 Å². The normalized spacial score (nSPS) is 13.3. The summed E-state index contributed by atoms with van der Waals surface area (Å²) in [5, 5.41) is 2.58. The Bertz CT molecular complexity index is 1100. The lowest BCUT2D eigenvalue weighted by Gasteiger charge is -2.16. The fraction of sp³-hybridized carbons (Fsp3) is 0.200. The molecule has 0 bridgehead atoms. The molecule has 1 aliphatic rings. The number of fused-ring (bicyclic) bond motifs is 2. The van der Waals surface area contributed by atoms with E-state index in [1.54, 1.807) is 6.92 Å². The summed E-state index contributed by atoms with van der Waals surface area (Å²) < 4.78 is 4.88. The summed E-state index contributed by atoms with van der Waals surface area (Å²) >= 11 is 0. The van der Waals surface area contributed by atoms with Gasteiger partial charge in [0.1, 0.15) is 6.54 Å². The number of carbonyl (C=O) groups excluding carboxylic acids is 2. The molecule has 0 fully saturated rings. The lowest BCUT2D eigenvalue weighted by atomic mass is 9.92. The molecule has 1 amide bonds. The van der Waals surface area contributed by atoms with E-state index < -0.39 is 6.09 Å². The zero-order chi connectivity index (χ0) is 19.0. The van der Waals surface area contributed by atoms with Crippen LogP contribution in [0.25, 0.3) is 11.0 Å². The van der Waals surface area contributed by atoms with Crippen molar-refractivity contribution in [1.29, 1.82) is 0 Å². The van der Waals surface area contributed by atoms with Crippen LogP contribution < -0.4 is 5.32 Å². The minimum Gasteiger partial charge on any atom is -0.450 e. The highest BCUT2D eigenvalue weighted by atomic mass is 16.5. The molecule has 3 aromatic rings. The third-order valence-corrected chi connectivity index (χ3v) is 4.41. The molecule has 0 saturated carbocycles. The number of ketones is 1. The molecule has 1 aromatic heterocycles. The van der Waals surface area contributed by atoms with Crippen molar-refractivity contribution >= 4 is 34.6 Å². The molecule has 136 valence electrons. The predicted octanol–water partition coefficient (Wildman–Crippen LogP) is 3.47. The van der Waals surface area contributed by atoms with Crippen LogP contribution in [0.2, 0.25) is 0 Å². The highest BCUT2D eigenvalue weighted by Gasteiger charge is 2.22. The third kappa shape index (κ3) is 3.08. The van der Waals surface area contributed by atoms with Crippen molar-refractivity contribution < 1.29 is 14.3 Å². The number of H-pyrrole nitrogens is 1. The average molecular weight is 362 g/mol. The number of nitrogens with one attached hydrogen (secondary N) is 2. The molecular weight excluding hydrogens is 344 g/mol. The van der Waals surface area contributed by atoms with Crippen LogP contribution in [-0.4, -0.2) is 40.7 Å². The van der Waals surface area contributed by atoms with Crippen molar-refractivity contribution in [2.45, 2.75) is 13.8 Å². The number of amides is 1. The summed E-state index contributed by atoms with van der Waals surface area (Å²) in [7, 11) is 0. The first-order chi connectivity index (χ1) is 13.1. The number of ether oxygens (including phenoxy) is 1. The first-order valence-corrected chi connectivity index (χ1v) is 8.68. The maximum Gasteiger partial charge on any atom is 0.413 e. The quantitative estimate of drug-likeness (QED) is 0.745. The number of aromatic nitrogens is 2. The van der Waals surface area contributed by atoms with Crippen molar-refractivity contribution in [2.75, 3.05) is 18.5 Å². The van der Waals surface area contributed by atoms with E-state index in [4.69, 9.17) is 4.74 Å². The number of rotatable bonds is 3. The zero-order valence-electron chi connectivity index (χ0n) is 15.0. The van der Waals surface area contributed by atoms with Gasteiger partial charge in [-0.3, -0.25) is 15.1 Å². The minimum atomic E-state index is -0.557. The topological polar surface area (TPSA) is 96.4 Å². The number of aryl methyl sites for hydroxylation is 1. The third-order valence-electron chi connectivity index (χ3n) is 4.41. The molecule has 2 heterocycles. The maximum absolute atomic E-state index is 12.1. The Hall–Kier alpha value is -3.48. The summed E-state index contributed by atoms with van der Waals surface area (Å²) in [6.07, 6.45) is -0.557. The lowest BCUT2D eigenvalue weighted by molar-refractivity contribution is 0.1000. The number of benzene rings is 2. The van der Waals surface area contributed by atoms with Gasteiger partial charge in [0.15, 0.2) is 5.78 Å². The number of hydrogen-bond acceptors (Lipinski definition) is 5. The number of Topliss-reactive ketones (excluding diaryl/α,β-unsaturated/α-hetero) is 1. The van der Waals surface area contributed by atoms with Gasteiger partial charge >= 0.3 is 6.09 Å². The molecule has 0 saturated heterocycles. The number of imidazole rings is 1. The summed E-state index contributed by atoms with van der Waals surface area (Å²) in [5.74, 6) is 0.347. The van der Waals surface area contributed by atoms with Gasteiger partial charge in [-0.25, -0.2) is 9.78 Å². The second-order valence-electron chi connectivity index (χ2n) is 6.25. The van der Waals surface area contributed by atoms with Crippen molar-refractivity contribution in [2.24, 2.45) is 4.99 Å². The SMILES string of the molecule is CCOC(=O)Nc1nc2c(C)cc(C3=NCC(=O)c4ccccc43)cc2[nH]1. The molecule has 0 spiro atoms. The Balaban J connectivity index is 1.76. The molecule has 0 radical (unpaired) electrons. The Morgan fingerprint density at radius 2 is 2.04 bits per heavy atom. The van der Waals surface area contributed by atoms with Crippen LogP contribution in [0.3, 0.4) is 0 Å². The summed E-state index contributed by atoms with van der Waals surface area (Å²) in [5.41, 5.74) is 5.66. The smallest absolute Gasteiger partial charge is 0.413 e. The average Bonchev–Trinajstić information content (AvgIpc) is 3.05. The van der Waals surface area contributed by atoms with Gasteiger partial charge in [0.05, 0.1) is 23.4 Å². The largest absolute Gasteiger partial charge is 0.450 e. The summed E-state index contributed by atoms with van der Waals surface area (Å²) in [6.45, 7) is 4.11. The van der Waals surface area contributed by atoms with E-state index in [0.29, 0.717) is 11.5 Å². The molecule has 7 nitrogen and oxygen atoms in total. The maximum atomic E-state index is 12.1. The Labute approximate surface area is 155 Å². The van der Waals surface area contributed by atoms with Gasteiger partial charge in [0, 0.05) is 16.7 Å². The molecular formula is C20H18N4O3. The van der Waals surface area contributed by atoms with E-state index in [-0.39, 0.29) is 18.9 Å². The molecule has 0 unspecified atom stereocenters. The van der Waals surface area contributed by atoms with Crippen LogP contribution in [0, 0.1) is 6.92 Å². The van der Waals surface area contributed by atoms with E-state index in [9.17, 15) is 9.59 Å². The van der Waals surface area contributed by atoms with E-state index in [0.717, 1.165) is 33.4 Å². The van der Waals surface area contributed by atoms with Crippen molar-refractivity contribution in [3.8, 4) is 0 Å². The minimum absolute atomic E-state index is 0.0228. The number of nitrogens with zero attached hydrogens (tertiary/aromatic N) is 2. The first-order valence-electron chi connectivity index (χ1n) is 8.68.